The number of hydrogen-bond acceptors (Lipinski definition) is 2. The maximum atomic E-state index is 12.7. The van der Waals surface area contributed by atoms with E-state index in [-0.39, 0.29) is 5.56 Å². The highest BCUT2D eigenvalue weighted by molar-refractivity contribution is 6.30. The largest absolute Gasteiger partial charge is 0.320 e. The van der Waals surface area contributed by atoms with Gasteiger partial charge in [-0.2, -0.15) is 0 Å². The summed E-state index contributed by atoms with van der Waals surface area (Å²) >= 11 is 5.89. The lowest BCUT2D eigenvalue weighted by molar-refractivity contribution is 0.626. The summed E-state index contributed by atoms with van der Waals surface area (Å²) in [5.41, 5.74) is 8.79. The third-order valence-corrected chi connectivity index (χ3v) is 3.96. The smallest absolute Gasteiger partial charge is 0.255 e. The first kappa shape index (κ1) is 15.8. The van der Waals surface area contributed by atoms with E-state index in [1.807, 2.05) is 31.2 Å². The van der Waals surface area contributed by atoms with Gasteiger partial charge in [-0.3, -0.25) is 4.79 Å². The predicted molar refractivity (Wildman–Crippen MR) is 87.9 cm³/mol. The van der Waals surface area contributed by atoms with E-state index in [0.717, 1.165) is 11.3 Å². The van der Waals surface area contributed by atoms with Crippen LogP contribution in [0.3, 0.4) is 0 Å². The van der Waals surface area contributed by atoms with Crippen molar-refractivity contribution in [2.45, 2.75) is 39.3 Å². The molecule has 2 N–H and O–H groups in total. The van der Waals surface area contributed by atoms with Crippen LogP contribution in [0.5, 0.6) is 0 Å². The summed E-state index contributed by atoms with van der Waals surface area (Å²) in [5.74, 6) is 0.304. The van der Waals surface area contributed by atoms with E-state index in [1.54, 1.807) is 16.7 Å². The molecule has 21 heavy (non-hydrogen) atoms. The Bertz CT molecular complexity index is 674. The Morgan fingerprint density at radius 3 is 2.29 bits per heavy atom. The molecule has 0 amide bonds. The summed E-state index contributed by atoms with van der Waals surface area (Å²) in [7, 11) is 0. The van der Waals surface area contributed by atoms with Gasteiger partial charge >= 0.3 is 0 Å². The van der Waals surface area contributed by atoms with Gasteiger partial charge in [0.25, 0.3) is 5.56 Å². The van der Waals surface area contributed by atoms with E-state index < -0.39 is 6.04 Å². The van der Waals surface area contributed by atoms with Gasteiger partial charge < -0.3 is 10.3 Å². The number of aromatic nitrogens is 1. The van der Waals surface area contributed by atoms with Crippen LogP contribution in [0.25, 0.3) is 0 Å². The SMILES string of the molecule is CCn1c(C(C)C)ccc(C(N)c2ccc(Cl)cc2)c1=O. The summed E-state index contributed by atoms with van der Waals surface area (Å²) in [6.45, 7) is 6.79. The highest BCUT2D eigenvalue weighted by Gasteiger charge is 2.16. The van der Waals surface area contributed by atoms with Gasteiger partial charge in [0.1, 0.15) is 0 Å². The van der Waals surface area contributed by atoms with Crippen LogP contribution in [0.1, 0.15) is 49.6 Å². The van der Waals surface area contributed by atoms with Crippen molar-refractivity contribution in [3.05, 3.63) is 68.6 Å². The summed E-state index contributed by atoms with van der Waals surface area (Å²) in [4.78, 5) is 12.7. The Hall–Kier alpha value is -1.58. The second kappa shape index (κ2) is 6.46. The van der Waals surface area contributed by atoms with Crippen molar-refractivity contribution in [2.75, 3.05) is 0 Å². The molecule has 1 aromatic carbocycles. The summed E-state index contributed by atoms with van der Waals surface area (Å²) in [6, 6.07) is 10.7. The molecule has 0 fully saturated rings. The first-order chi connectivity index (χ1) is 9.95. The number of pyridine rings is 1. The molecule has 112 valence electrons. The minimum absolute atomic E-state index is 0.00819. The Morgan fingerprint density at radius 2 is 1.76 bits per heavy atom. The quantitative estimate of drug-likeness (QED) is 0.936. The molecule has 0 radical (unpaired) electrons. The van der Waals surface area contributed by atoms with E-state index in [0.29, 0.717) is 23.0 Å². The number of hydrogen-bond donors (Lipinski definition) is 1. The fourth-order valence-electron chi connectivity index (χ4n) is 2.53. The average Bonchev–Trinajstić information content (AvgIpc) is 2.46. The minimum Gasteiger partial charge on any atom is -0.320 e. The molecule has 4 heteroatoms. The van der Waals surface area contributed by atoms with Crippen LogP contribution in [0.4, 0.5) is 0 Å². The van der Waals surface area contributed by atoms with Gasteiger partial charge in [0.2, 0.25) is 0 Å². The molecule has 0 aliphatic rings. The van der Waals surface area contributed by atoms with Crippen LogP contribution < -0.4 is 11.3 Å². The molecule has 1 heterocycles. The molecule has 0 spiro atoms. The maximum Gasteiger partial charge on any atom is 0.255 e. The van der Waals surface area contributed by atoms with Crippen LogP contribution in [0.15, 0.2) is 41.2 Å². The highest BCUT2D eigenvalue weighted by atomic mass is 35.5. The lowest BCUT2D eigenvalue weighted by Gasteiger charge is -2.18. The van der Waals surface area contributed by atoms with Gasteiger partial charge in [0, 0.05) is 22.8 Å². The maximum absolute atomic E-state index is 12.7. The van der Waals surface area contributed by atoms with Crippen LogP contribution in [0, 0.1) is 0 Å². The van der Waals surface area contributed by atoms with E-state index in [4.69, 9.17) is 17.3 Å². The van der Waals surface area contributed by atoms with Crippen molar-refractivity contribution in [3.63, 3.8) is 0 Å². The van der Waals surface area contributed by atoms with Gasteiger partial charge in [0.05, 0.1) is 6.04 Å². The van der Waals surface area contributed by atoms with Crippen molar-refractivity contribution in [3.8, 4) is 0 Å². The van der Waals surface area contributed by atoms with Gasteiger partial charge in [-0.1, -0.05) is 37.6 Å². The summed E-state index contributed by atoms with van der Waals surface area (Å²) in [6.07, 6.45) is 0. The van der Waals surface area contributed by atoms with E-state index in [2.05, 4.69) is 13.8 Å². The van der Waals surface area contributed by atoms with Gasteiger partial charge in [0.15, 0.2) is 0 Å². The monoisotopic (exact) mass is 304 g/mol. The van der Waals surface area contributed by atoms with Crippen molar-refractivity contribution >= 4 is 11.6 Å². The molecule has 1 aromatic heterocycles. The van der Waals surface area contributed by atoms with Crippen molar-refractivity contribution < 1.29 is 0 Å². The molecule has 1 atom stereocenters. The van der Waals surface area contributed by atoms with E-state index >= 15 is 0 Å². The van der Waals surface area contributed by atoms with Crippen LogP contribution in [-0.4, -0.2) is 4.57 Å². The minimum atomic E-state index is -0.436. The third-order valence-electron chi connectivity index (χ3n) is 3.71. The Morgan fingerprint density at radius 1 is 1.14 bits per heavy atom. The molecule has 2 aromatic rings. The van der Waals surface area contributed by atoms with Crippen LogP contribution >= 0.6 is 11.6 Å². The first-order valence-corrected chi connectivity index (χ1v) is 7.58. The standard InChI is InChI=1S/C17H21ClN2O/c1-4-20-15(11(2)3)10-9-14(17(20)21)16(19)12-5-7-13(18)8-6-12/h5-11,16H,4,19H2,1-3H3. The fourth-order valence-corrected chi connectivity index (χ4v) is 2.65. The summed E-state index contributed by atoms with van der Waals surface area (Å²) < 4.78 is 1.80. The Balaban J connectivity index is 2.49. The van der Waals surface area contributed by atoms with Gasteiger partial charge in [-0.05, 0) is 42.7 Å². The number of benzene rings is 1. The molecule has 0 saturated heterocycles. The van der Waals surface area contributed by atoms with E-state index in [9.17, 15) is 4.79 Å². The zero-order valence-electron chi connectivity index (χ0n) is 12.6. The molecule has 2 rings (SSSR count). The molecule has 0 bridgehead atoms. The zero-order chi connectivity index (χ0) is 15.6. The zero-order valence-corrected chi connectivity index (χ0v) is 13.4. The molecule has 3 nitrogen and oxygen atoms in total. The topological polar surface area (TPSA) is 48.0 Å². The lowest BCUT2D eigenvalue weighted by Crippen LogP contribution is -2.30. The Labute approximate surface area is 130 Å². The number of halogens is 1. The van der Waals surface area contributed by atoms with Gasteiger partial charge in [-0.15, -0.1) is 0 Å². The van der Waals surface area contributed by atoms with Crippen molar-refractivity contribution in [2.24, 2.45) is 5.73 Å². The van der Waals surface area contributed by atoms with Crippen molar-refractivity contribution in [1.29, 1.82) is 0 Å². The molecule has 0 aliphatic heterocycles. The third kappa shape index (κ3) is 3.20. The average molecular weight is 305 g/mol. The molecule has 1 unspecified atom stereocenters. The van der Waals surface area contributed by atoms with Gasteiger partial charge in [-0.25, -0.2) is 0 Å². The molecule has 0 saturated carbocycles. The van der Waals surface area contributed by atoms with E-state index in [1.165, 1.54) is 0 Å². The normalized spacial score (nSPS) is 12.7. The fraction of sp³-hybridized carbons (Fsp3) is 0.353. The predicted octanol–water partition coefficient (Wildman–Crippen LogP) is 3.69. The van der Waals surface area contributed by atoms with Crippen LogP contribution in [0.2, 0.25) is 5.02 Å². The van der Waals surface area contributed by atoms with Crippen molar-refractivity contribution in [1.82, 2.24) is 4.57 Å². The number of nitrogens with two attached hydrogens (primary N) is 1. The second-order valence-electron chi connectivity index (χ2n) is 5.45. The Kier molecular flexibility index (Phi) is 4.86. The molecular weight excluding hydrogens is 284 g/mol. The highest BCUT2D eigenvalue weighted by Crippen LogP contribution is 2.21. The first-order valence-electron chi connectivity index (χ1n) is 7.20. The summed E-state index contributed by atoms with van der Waals surface area (Å²) in [5, 5.41) is 0.659. The number of rotatable bonds is 4. The number of nitrogens with zero attached hydrogens (tertiary/aromatic N) is 1. The molecule has 0 aliphatic carbocycles. The molecular formula is C17H21ClN2O. The van der Waals surface area contributed by atoms with Crippen LogP contribution in [-0.2, 0) is 6.54 Å². The lowest BCUT2D eigenvalue weighted by atomic mass is 9.99. The second-order valence-corrected chi connectivity index (χ2v) is 5.88.